The van der Waals surface area contributed by atoms with Gasteiger partial charge in [0.05, 0.1) is 0 Å². The topological polar surface area (TPSA) is 16.1 Å². The monoisotopic (exact) mass is 170 g/mol. The molecule has 60 valence electrons. The van der Waals surface area contributed by atoms with Gasteiger partial charge in [-0.2, -0.15) is 0 Å². The number of nitrogens with zero attached hydrogens (tertiary/aromatic N) is 2. The second kappa shape index (κ2) is 3.69. The molecule has 0 aliphatic rings. The third kappa shape index (κ3) is 2.17. The molecule has 0 aliphatic heterocycles. The molecule has 1 heterocycles. The Hall–Kier alpha value is -0.600. The Morgan fingerprint density at radius 3 is 2.36 bits per heavy atom. The lowest BCUT2D eigenvalue weighted by molar-refractivity contribution is 0.384. The lowest BCUT2D eigenvalue weighted by atomic mass is 10.2. The molecule has 1 aromatic heterocycles. The first kappa shape index (κ1) is 8.50. The van der Waals surface area contributed by atoms with E-state index >= 15 is 0 Å². The molecule has 1 unspecified atom stereocenters. The van der Waals surface area contributed by atoms with Crippen LogP contribution in [0.2, 0.25) is 0 Å². The predicted octanol–water partition coefficient (Wildman–Crippen LogP) is 1.88. The van der Waals surface area contributed by atoms with Crippen LogP contribution in [-0.4, -0.2) is 24.0 Å². The van der Waals surface area contributed by atoms with Crippen molar-refractivity contribution in [2.24, 2.45) is 0 Å². The second-order valence-electron chi connectivity index (χ2n) is 2.58. The molecule has 0 N–H and O–H groups in total. The Kier molecular flexibility index (Phi) is 2.85. The summed E-state index contributed by atoms with van der Waals surface area (Å²) in [6.07, 6.45) is 3.49. The number of alkyl halides is 1. The standard InChI is InChI=1S/C8H11ClN2/c1-11(2)8(9)7-3-5-10-6-4-7/h3-6,8H,1-2H3. The van der Waals surface area contributed by atoms with Gasteiger partial charge in [-0.25, -0.2) is 0 Å². The van der Waals surface area contributed by atoms with Crippen LogP contribution in [0, 0.1) is 0 Å². The summed E-state index contributed by atoms with van der Waals surface area (Å²) in [4.78, 5) is 5.85. The van der Waals surface area contributed by atoms with Crippen molar-refractivity contribution in [1.29, 1.82) is 0 Å². The highest BCUT2D eigenvalue weighted by Crippen LogP contribution is 2.20. The van der Waals surface area contributed by atoms with Crippen LogP contribution >= 0.6 is 11.6 Å². The zero-order chi connectivity index (χ0) is 8.27. The number of hydrogen-bond donors (Lipinski definition) is 0. The Balaban J connectivity index is 2.77. The molecule has 2 nitrogen and oxygen atoms in total. The Morgan fingerprint density at radius 2 is 1.91 bits per heavy atom. The number of hydrogen-bond acceptors (Lipinski definition) is 2. The molecule has 0 aromatic carbocycles. The quantitative estimate of drug-likeness (QED) is 0.498. The summed E-state index contributed by atoms with van der Waals surface area (Å²) in [5.74, 6) is 0. The molecule has 0 saturated carbocycles. The fourth-order valence-electron chi connectivity index (χ4n) is 0.820. The first-order chi connectivity index (χ1) is 5.22. The fourth-order valence-corrected chi connectivity index (χ4v) is 0.966. The van der Waals surface area contributed by atoms with Crippen LogP contribution in [0.25, 0.3) is 0 Å². The van der Waals surface area contributed by atoms with Gasteiger partial charge in [-0.05, 0) is 31.8 Å². The van der Waals surface area contributed by atoms with E-state index in [1.54, 1.807) is 12.4 Å². The minimum absolute atomic E-state index is 0.0574. The minimum Gasteiger partial charge on any atom is -0.290 e. The van der Waals surface area contributed by atoms with E-state index in [4.69, 9.17) is 11.6 Å². The minimum atomic E-state index is -0.0574. The predicted molar refractivity (Wildman–Crippen MR) is 46.5 cm³/mol. The van der Waals surface area contributed by atoms with E-state index in [-0.39, 0.29) is 5.50 Å². The van der Waals surface area contributed by atoms with Crippen molar-refractivity contribution in [2.75, 3.05) is 14.1 Å². The van der Waals surface area contributed by atoms with E-state index in [9.17, 15) is 0 Å². The van der Waals surface area contributed by atoms with Gasteiger partial charge in [0.2, 0.25) is 0 Å². The molecule has 1 atom stereocenters. The largest absolute Gasteiger partial charge is 0.290 e. The Bertz CT molecular complexity index is 211. The highest BCUT2D eigenvalue weighted by molar-refractivity contribution is 6.20. The summed E-state index contributed by atoms with van der Waals surface area (Å²) in [5.41, 5.74) is 1.02. The molecule has 1 aromatic rings. The molecule has 3 heteroatoms. The van der Waals surface area contributed by atoms with Gasteiger partial charge in [0.25, 0.3) is 0 Å². The molecular formula is C8H11ClN2. The van der Waals surface area contributed by atoms with Crippen molar-refractivity contribution in [2.45, 2.75) is 5.50 Å². The number of pyridine rings is 1. The van der Waals surface area contributed by atoms with E-state index in [0.29, 0.717) is 0 Å². The van der Waals surface area contributed by atoms with Crippen molar-refractivity contribution >= 4 is 11.6 Å². The zero-order valence-electron chi connectivity index (χ0n) is 6.66. The SMILES string of the molecule is CN(C)C(Cl)c1ccncc1. The Morgan fingerprint density at radius 1 is 1.36 bits per heavy atom. The maximum atomic E-state index is 6.04. The third-order valence-electron chi connectivity index (χ3n) is 1.43. The van der Waals surface area contributed by atoms with Crippen molar-refractivity contribution in [3.63, 3.8) is 0 Å². The number of aromatic nitrogens is 1. The van der Waals surface area contributed by atoms with Crippen LogP contribution in [0.15, 0.2) is 24.5 Å². The van der Waals surface area contributed by atoms with Crippen molar-refractivity contribution < 1.29 is 0 Å². The average molecular weight is 171 g/mol. The van der Waals surface area contributed by atoms with Crippen LogP contribution in [0.4, 0.5) is 0 Å². The van der Waals surface area contributed by atoms with E-state index < -0.39 is 0 Å². The van der Waals surface area contributed by atoms with Gasteiger partial charge in [0, 0.05) is 12.4 Å². The lowest BCUT2D eigenvalue weighted by Gasteiger charge is -2.16. The zero-order valence-corrected chi connectivity index (χ0v) is 7.42. The van der Waals surface area contributed by atoms with Crippen LogP contribution < -0.4 is 0 Å². The first-order valence-corrected chi connectivity index (χ1v) is 3.86. The molecule has 0 saturated heterocycles. The van der Waals surface area contributed by atoms with E-state index in [1.165, 1.54) is 0 Å². The van der Waals surface area contributed by atoms with E-state index in [1.807, 2.05) is 31.1 Å². The summed E-state index contributed by atoms with van der Waals surface area (Å²) in [5, 5.41) is 0. The van der Waals surface area contributed by atoms with Gasteiger partial charge >= 0.3 is 0 Å². The van der Waals surface area contributed by atoms with Crippen LogP contribution in [0.3, 0.4) is 0 Å². The molecule has 1 rings (SSSR count). The van der Waals surface area contributed by atoms with Crippen LogP contribution in [-0.2, 0) is 0 Å². The molecule has 0 amide bonds. The summed E-state index contributed by atoms with van der Waals surface area (Å²) >= 11 is 6.04. The third-order valence-corrected chi connectivity index (χ3v) is 2.08. The summed E-state index contributed by atoms with van der Waals surface area (Å²) < 4.78 is 0. The summed E-state index contributed by atoms with van der Waals surface area (Å²) in [6, 6.07) is 3.83. The van der Waals surface area contributed by atoms with E-state index in [0.717, 1.165) is 5.56 Å². The summed E-state index contributed by atoms with van der Waals surface area (Å²) in [6.45, 7) is 0. The van der Waals surface area contributed by atoms with Gasteiger partial charge in [-0.1, -0.05) is 0 Å². The van der Waals surface area contributed by atoms with Crippen molar-refractivity contribution in [1.82, 2.24) is 9.88 Å². The number of rotatable bonds is 2. The lowest BCUT2D eigenvalue weighted by Crippen LogP contribution is -2.14. The fraction of sp³-hybridized carbons (Fsp3) is 0.375. The maximum absolute atomic E-state index is 6.04. The Labute approximate surface area is 71.8 Å². The summed E-state index contributed by atoms with van der Waals surface area (Å²) in [7, 11) is 3.89. The first-order valence-electron chi connectivity index (χ1n) is 3.42. The molecule has 0 fully saturated rings. The molecule has 0 spiro atoms. The maximum Gasteiger partial charge on any atom is 0.110 e. The highest BCUT2D eigenvalue weighted by Gasteiger charge is 2.07. The molecule has 0 bridgehead atoms. The molecule has 0 aliphatic carbocycles. The van der Waals surface area contributed by atoms with Gasteiger partial charge in [-0.15, -0.1) is 11.6 Å². The van der Waals surface area contributed by atoms with Crippen LogP contribution in [0.5, 0.6) is 0 Å². The molecule has 11 heavy (non-hydrogen) atoms. The van der Waals surface area contributed by atoms with Crippen LogP contribution in [0.1, 0.15) is 11.1 Å². The van der Waals surface area contributed by atoms with Gasteiger partial charge in [0.1, 0.15) is 5.50 Å². The van der Waals surface area contributed by atoms with Crippen molar-refractivity contribution in [3.8, 4) is 0 Å². The normalized spacial score (nSPS) is 13.5. The van der Waals surface area contributed by atoms with E-state index in [2.05, 4.69) is 4.98 Å². The van der Waals surface area contributed by atoms with Gasteiger partial charge < -0.3 is 0 Å². The molecule has 0 radical (unpaired) electrons. The molecular weight excluding hydrogens is 160 g/mol. The highest BCUT2D eigenvalue weighted by atomic mass is 35.5. The smallest absolute Gasteiger partial charge is 0.110 e. The van der Waals surface area contributed by atoms with Gasteiger partial charge in [0.15, 0.2) is 0 Å². The van der Waals surface area contributed by atoms with Gasteiger partial charge in [-0.3, -0.25) is 9.88 Å². The second-order valence-corrected chi connectivity index (χ2v) is 2.99. The van der Waals surface area contributed by atoms with Crippen molar-refractivity contribution in [3.05, 3.63) is 30.1 Å². The number of halogens is 1. The average Bonchev–Trinajstić information content (AvgIpc) is 2.05.